The lowest BCUT2D eigenvalue weighted by atomic mass is 10.0. The number of halogens is 1. The Morgan fingerprint density at radius 3 is 2.75 bits per heavy atom. The molecule has 1 aliphatic heterocycles. The number of nitrogens with two attached hydrogens (primary N) is 1. The summed E-state index contributed by atoms with van der Waals surface area (Å²) in [4.78, 5) is 14.2. The average Bonchev–Trinajstić information content (AvgIpc) is 2.94. The Morgan fingerprint density at radius 2 is 2.05 bits per heavy atom. The highest BCUT2D eigenvalue weighted by Gasteiger charge is 2.36. The van der Waals surface area contributed by atoms with Gasteiger partial charge in [-0.15, -0.1) is 0 Å². The fraction of sp³-hybridized carbons (Fsp3) is 0.533. The zero-order valence-corrected chi connectivity index (χ0v) is 11.4. The molecule has 1 aromatic carbocycles. The first kappa shape index (κ1) is 13.4. The average molecular weight is 277 g/mol. The molecule has 2 atom stereocenters. The van der Waals surface area contributed by atoms with Crippen molar-refractivity contribution in [2.75, 3.05) is 30.7 Å². The molecule has 5 heteroatoms. The van der Waals surface area contributed by atoms with Crippen LogP contribution in [0, 0.1) is 17.7 Å². The number of hydrogen-bond acceptors (Lipinski definition) is 3. The van der Waals surface area contributed by atoms with Crippen LogP contribution in [0.4, 0.5) is 15.8 Å². The van der Waals surface area contributed by atoms with Crippen LogP contribution in [0.3, 0.4) is 0 Å². The van der Waals surface area contributed by atoms with Crippen LogP contribution >= 0.6 is 0 Å². The normalized spacial score (nSPS) is 25.6. The van der Waals surface area contributed by atoms with Gasteiger partial charge in [0.2, 0.25) is 5.91 Å². The van der Waals surface area contributed by atoms with Crippen LogP contribution in [0.1, 0.15) is 19.3 Å². The fourth-order valence-corrected chi connectivity index (χ4v) is 3.49. The Bertz CT molecular complexity index is 508. The van der Waals surface area contributed by atoms with Crippen molar-refractivity contribution < 1.29 is 9.18 Å². The van der Waals surface area contributed by atoms with Gasteiger partial charge in [0.1, 0.15) is 5.82 Å². The predicted octanol–water partition coefficient (Wildman–Crippen LogP) is 2.08. The molecule has 4 nitrogen and oxygen atoms in total. The number of hydrogen-bond donors (Lipinski definition) is 2. The molecule has 2 unspecified atom stereocenters. The molecule has 0 spiro atoms. The number of nitrogen functional groups attached to an aromatic ring is 1. The second kappa shape index (κ2) is 5.40. The molecule has 2 fully saturated rings. The van der Waals surface area contributed by atoms with E-state index in [9.17, 15) is 9.18 Å². The Labute approximate surface area is 118 Å². The quantitative estimate of drug-likeness (QED) is 0.832. The van der Waals surface area contributed by atoms with Crippen LogP contribution in [0.15, 0.2) is 18.2 Å². The Hall–Kier alpha value is -1.62. The molecule has 1 heterocycles. The van der Waals surface area contributed by atoms with E-state index in [0.717, 1.165) is 24.9 Å². The maximum atomic E-state index is 13.5. The number of nitrogens with one attached hydrogen (secondary N) is 1. The van der Waals surface area contributed by atoms with Crippen molar-refractivity contribution in [2.45, 2.75) is 19.3 Å². The van der Waals surface area contributed by atoms with E-state index in [2.05, 4.69) is 10.2 Å². The molecule has 1 aliphatic carbocycles. The topological polar surface area (TPSA) is 58.4 Å². The summed E-state index contributed by atoms with van der Waals surface area (Å²) in [5, 5.41) is 2.61. The van der Waals surface area contributed by atoms with E-state index in [-0.39, 0.29) is 11.6 Å². The number of anilines is 2. The lowest BCUT2D eigenvalue weighted by molar-refractivity contribution is -0.117. The largest absolute Gasteiger partial charge is 0.399 e. The minimum Gasteiger partial charge on any atom is -0.399 e. The highest BCUT2D eigenvalue weighted by atomic mass is 19.1. The van der Waals surface area contributed by atoms with Crippen molar-refractivity contribution in [1.29, 1.82) is 0 Å². The Morgan fingerprint density at radius 1 is 1.35 bits per heavy atom. The second-order valence-electron chi connectivity index (χ2n) is 5.93. The van der Waals surface area contributed by atoms with E-state index < -0.39 is 5.82 Å². The summed E-state index contributed by atoms with van der Waals surface area (Å²) in [6.07, 6.45) is 3.89. The monoisotopic (exact) mass is 277 g/mol. The van der Waals surface area contributed by atoms with Crippen molar-refractivity contribution in [3.63, 3.8) is 0 Å². The molecule has 3 N–H and O–H groups in total. The van der Waals surface area contributed by atoms with Crippen LogP contribution in [0.5, 0.6) is 0 Å². The summed E-state index contributed by atoms with van der Waals surface area (Å²) in [5.74, 6) is 0.888. The van der Waals surface area contributed by atoms with Gasteiger partial charge in [0.15, 0.2) is 0 Å². The third kappa shape index (κ3) is 2.77. The Balaban J connectivity index is 1.56. The lowest BCUT2D eigenvalue weighted by Gasteiger charge is -2.16. The van der Waals surface area contributed by atoms with Crippen molar-refractivity contribution in [3.8, 4) is 0 Å². The number of amides is 1. The van der Waals surface area contributed by atoms with Crippen molar-refractivity contribution >= 4 is 17.3 Å². The first-order chi connectivity index (χ1) is 9.61. The zero-order chi connectivity index (χ0) is 14.1. The molecule has 2 aliphatic rings. The van der Waals surface area contributed by atoms with Crippen LogP contribution in [0.2, 0.25) is 0 Å². The van der Waals surface area contributed by atoms with E-state index in [4.69, 9.17) is 5.73 Å². The van der Waals surface area contributed by atoms with E-state index in [1.54, 1.807) is 0 Å². The van der Waals surface area contributed by atoms with Crippen LogP contribution in [-0.4, -0.2) is 30.4 Å². The van der Waals surface area contributed by atoms with Gasteiger partial charge in [0.05, 0.1) is 12.2 Å². The molecule has 3 rings (SSSR count). The first-order valence-electron chi connectivity index (χ1n) is 7.19. The van der Waals surface area contributed by atoms with E-state index in [1.165, 1.54) is 37.5 Å². The smallest absolute Gasteiger partial charge is 0.238 e. The summed E-state index contributed by atoms with van der Waals surface area (Å²) in [7, 11) is 0. The zero-order valence-electron chi connectivity index (χ0n) is 11.4. The number of likely N-dealkylation sites (tertiary alicyclic amines) is 1. The van der Waals surface area contributed by atoms with Gasteiger partial charge in [-0.05, 0) is 42.9 Å². The number of benzene rings is 1. The molecule has 1 amide bonds. The standard InChI is InChI=1S/C15H20FN3O/c16-13-5-4-12(17)6-14(13)18-15(20)9-19-7-10-2-1-3-11(10)8-19/h4-6,10-11H,1-3,7-9,17H2,(H,18,20). The van der Waals surface area contributed by atoms with Gasteiger partial charge in [-0.1, -0.05) is 6.42 Å². The summed E-state index contributed by atoms with van der Waals surface area (Å²) < 4.78 is 13.5. The molecule has 0 aromatic heterocycles. The first-order valence-corrected chi connectivity index (χ1v) is 7.19. The molecule has 0 radical (unpaired) electrons. The summed E-state index contributed by atoms with van der Waals surface area (Å²) >= 11 is 0. The van der Waals surface area contributed by atoms with Crippen molar-refractivity contribution in [3.05, 3.63) is 24.0 Å². The SMILES string of the molecule is Nc1ccc(F)c(NC(=O)CN2CC3CCCC3C2)c1. The Kier molecular flexibility index (Phi) is 3.61. The van der Waals surface area contributed by atoms with E-state index >= 15 is 0 Å². The van der Waals surface area contributed by atoms with Gasteiger partial charge in [-0.25, -0.2) is 4.39 Å². The number of rotatable bonds is 3. The van der Waals surface area contributed by atoms with Gasteiger partial charge in [0.25, 0.3) is 0 Å². The molecule has 1 aromatic rings. The van der Waals surface area contributed by atoms with Gasteiger partial charge >= 0.3 is 0 Å². The molecule has 1 saturated heterocycles. The molecular formula is C15H20FN3O. The molecule has 1 saturated carbocycles. The second-order valence-corrected chi connectivity index (χ2v) is 5.93. The third-order valence-corrected chi connectivity index (χ3v) is 4.43. The summed E-state index contributed by atoms with van der Waals surface area (Å²) in [6.45, 7) is 2.33. The minimum atomic E-state index is -0.453. The number of nitrogens with zero attached hydrogens (tertiary/aromatic N) is 1. The van der Waals surface area contributed by atoms with Crippen molar-refractivity contribution in [2.24, 2.45) is 11.8 Å². The predicted molar refractivity (Wildman–Crippen MR) is 76.7 cm³/mol. The van der Waals surface area contributed by atoms with E-state index in [0.29, 0.717) is 12.2 Å². The number of carbonyl (C=O) groups excluding carboxylic acids is 1. The van der Waals surface area contributed by atoms with Gasteiger partial charge < -0.3 is 11.1 Å². The van der Waals surface area contributed by atoms with Crippen molar-refractivity contribution in [1.82, 2.24) is 4.90 Å². The highest BCUT2D eigenvalue weighted by molar-refractivity contribution is 5.92. The summed E-state index contributed by atoms with van der Waals surface area (Å²) in [5.41, 5.74) is 6.20. The van der Waals surface area contributed by atoms with Gasteiger partial charge in [0, 0.05) is 18.8 Å². The highest BCUT2D eigenvalue weighted by Crippen LogP contribution is 2.37. The van der Waals surface area contributed by atoms with E-state index in [1.807, 2.05) is 0 Å². The molecule has 108 valence electrons. The fourth-order valence-electron chi connectivity index (χ4n) is 3.49. The van der Waals surface area contributed by atoms with Gasteiger partial charge in [-0.3, -0.25) is 9.69 Å². The molecule has 0 bridgehead atoms. The van der Waals surface area contributed by atoms with Gasteiger partial charge in [-0.2, -0.15) is 0 Å². The lowest BCUT2D eigenvalue weighted by Crippen LogP contribution is -2.32. The summed E-state index contributed by atoms with van der Waals surface area (Å²) in [6, 6.07) is 4.20. The number of fused-ring (bicyclic) bond motifs is 1. The molecular weight excluding hydrogens is 257 g/mol. The van der Waals surface area contributed by atoms with Crippen LogP contribution in [0.25, 0.3) is 0 Å². The maximum absolute atomic E-state index is 13.5. The van der Waals surface area contributed by atoms with Crippen LogP contribution in [-0.2, 0) is 4.79 Å². The third-order valence-electron chi connectivity index (χ3n) is 4.43. The van der Waals surface area contributed by atoms with Crippen LogP contribution < -0.4 is 11.1 Å². The minimum absolute atomic E-state index is 0.161. The number of carbonyl (C=O) groups is 1. The maximum Gasteiger partial charge on any atom is 0.238 e. The molecule has 20 heavy (non-hydrogen) atoms.